The normalized spacial score (nSPS) is 13.7. The molecule has 0 radical (unpaired) electrons. The van der Waals surface area contributed by atoms with Gasteiger partial charge in [0.15, 0.2) is 5.13 Å². The SMILES string of the molecule is Cc1cccc(Cc2cnc(NC(=O)CSc3nnnn3C3CC3)s2)c1. The summed E-state index contributed by atoms with van der Waals surface area (Å²) in [5.41, 5.74) is 2.49. The Labute approximate surface area is 159 Å². The molecule has 26 heavy (non-hydrogen) atoms. The number of hydrogen-bond donors (Lipinski definition) is 1. The quantitative estimate of drug-likeness (QED) is 0.628. The van der Waals surface area contributed by atoms with E-state index < -0.39 is 0 Å². The van der Waals surface area contributed by atoms with Crippen LogP contribution in [0.25, 0.3) is 0 Å². The molecule has 1 N–H and O–H groups in total. The summed E-state index contributed by atoms with van der Waals surface area (Å²) >= 11 is 2.86. The van der Waals surface area contributed by atoms with E-state index in [1.54, 1.807) is 4.68 Å². The smallest absolute Gasteiger partial charge is 0.236 e. The fraction of sp³-hybridized carbons (Fsp3) is 0.353. The number of rotatable bonds is 7. The maximum Gasteiger partial charge on any atom is 0.236 e. The molecule has 0 spiro atoms. The molecule has 4 rings (SSSR count). The summed E-state index contributed by atoms with van der Waals surface area (Å²) in [7, 11) is 0. The second-order valence-corrected chi connectivity index (χ2v) is 8.33. The van der Waals surface area contributed by atoms with E-state index in [9.17, 15) is 4.79 Å². The average molecular weight is 387 g/mol. The number of tetrazole rings is 1. The number of hydrogen-bond acceptors (Lipinski definition) is 7. The second-order valence-electron chi connectivity index (χ2n) is 6.27. The number of amides is 1. The van der Waals surface area contributed by atoms with Crippen LogP contribution in [0.5, 0.6) is 0 Å². The van der Waals surface area contributed by atoms with E-state index in [0.29, 0.717) is 16.3 Å². The highest BCUT2D eigenvalue weighted by Gasteiger charge is 2.28. The molecule has 2 heterocycles. The van der Waals surface area contributed by atoms with Gasteiger partial charge in [-0.1, -0.05) is 41.6 Å². The molecular formula is C17H18N6OS2. The number of aromatic nitrogens is 5. The van der Waals surface area contributed by atoms with Crippen LogP contribution in [-0.2, 0) is 11.2 Å². The minimum absolute atomic E-state index is 0.100. The van der Waals surface area contributed by atoms with Gasteiger partial charge in [-0.3, -0.25) is 4.79 Å². The van der Waals surface area contributed by atoms with Crippen molar-refractivity contribution in [2.45, 2.75) is 37.4 Å². The number of aryl methyl sites for hydroxylation is 1. The molecule has 0 bridgehead atoms. The minimum Gasteiger partial charge on any atom is -0.301 e. The molecule has 1 amide bonds. The molecule has 7 nitrogen and oxygen atoms in total. The Kier molecular flexibility index (Phi) is 4.98. The molecule has 0 atom stereocenters. The summed E-state index contributed by atoms with van der Waals surface area (Å²) in [5.74, 6) is 0.164. The van der Waals surface area contributed by atoms with Gasteiger partial charge in [0.05, 0.1) is 11.8 Å². The zero-order chi connectivity index (χ0) is 17.9. The topological polar surface area (TPSA) is 85.6 Å². The van der Waals surface area contributed by atoms with E-state index >= 15 is 0 Å². The summed E-state index contributed by atoms with van der Waals surface area (Å²) in [5, 5.41) is 15.8. The minimum atomic E-state index is -0.100. The maximum atomic E-state index is 12.2. The Hall–Kier alpha value is -2.26. The zero-order valence-corrected chi connectivity index (χ0v) is 15.9. The van der Waals surface area contributed by atoms with Crippen molar-refractivity contribution in [3.63, 3.8) is 0 Å². The van der Waals surface area contributed by atoms with Crippen molar-refractivity contribution >= 4 is 34.1 Å². The van der Waals surface area contributed by atoms with Gasteiger partial charge in [0, 0.05) is 17.5 Å². The third-order valence-corrected chi connectivity index (χ3v) is 5.79. The first-order valence-corrected chi connectivity index (χ1v) is 10.2. The number of nitrogens with zero attached hydrogens (tertiary/aromatic N) is 5. The number of anilines is 1. The number of carbonyl (C=O) groups excluding carboxylic acids is 1. The Bertz CT molecular complexity index is 917. The highest BCUT2D eigenvalue weighted by molar-refractivity contribution is 7.99. The predicted molar refractivity (Wildman–Crippen MR) is 102 cm³/mol. The van der Waals surface area contributed by atoms with Crippen molar-refractivity contribution in [1.29, 1.82) is 0 Å². The summed E-state index contributed by atoms with van der Waals surface area (Å²) in [4.78, 5) is 17.6. The zero-order valence-electron chi connectivity index (χ0n) is 14.3. The molecule has 3 aromatic rings. The van der Waals surface area contributed by atoms with Crippen LogP contribution < -0.4 is 5.32 Å². The van der Waals surface area contributed by atoms with Crippen molar-refractivity contribution in [3.8, 4) is 0 Å². The van der Waals surface area contributed by atoms with Crippen LogP contribution in [-0.4, -0.2) is 36.9 Å². The summed E-state index contributed by atoms with van der Waals surface area (Å²) < 4.78 is 1.81. The molecule has 0 saturated heterocycles. The summed E-state index contributed by atoms with van der Waals surface area (Å²) in [6.45, 7) is 2.08. The van der Waals surface area contributed by atoms with Crippen LogP contribution in [0.15, 0.2) is 35.6 Å². The number of thioether (sulfide) groups is 1. The summed E-state index contributed by atoms with van der Waals surface area (Å²) in [6, 6.07) is 8.81. The van der Waals surface area contributed by atoms with E-state index in [1.165, 1.54) is 34.2 Å². The molecule has 1 aliphatic rings. The standard InChI is InChI=1S/C17H18N6OS2/c1-11-3-2-4-12(7-11)8-14-9-18-16(26-14)19-15(24)10-25-17-20-21-22-23(17)13-5-6-13/h2-4,7,9,13H,5-6,8,10H2,1H3,(H,18,19,24). The van der Waals surface area contributed by atoms with E-state index in [4.69, 9.17) is 0 Å². The molecule has 0 aliphatic heterocycles. The second kappa shape index (κ2) is 7.55. The highest BCUT2D eigenvalue weighted by atomic mass is 32.2. The van der Waals surface area contributed by atoms with Crippen LogP contribution in [0, 0.1) is 6.92 Å². The van der Waals surface area contributed by atoms with Crippen LogP contribution in [0.4, 0.5) is 5.13 Å². The van der Waals surface area contributed by atoms with E-state index in [0.717, 1.165) is 24.1 Å². The Morgan fingerprint density at radius 3 is 3.12 bits per heavy atom. The van der Waals surface area contributed by atoms with Crippen LogP contribution in [0.3, 0.4) is 0 Å². The number of thiazole rings is 1. The maximum absolute atomic E-state index is 12.2. The molecule has 0 unspecified atom stereocenters. The van der Waals surface area contributed by atoms with Crippen molar-refractivity contribution < 1.29 is 4.79 Å². The molecule has 1 saturated carbocycles. The fourth-order valence-electron chi connectivity index (χ4n) is 2.58. The monoisotopic (exact) mass is 386 g/mol. The summed E-state index contributed by atoms with van der Waals surface area (Å²) in [6.07, 6.45) is 4.85. The molecule has 134 valence electrons. The first-order valence-electron chi connectivity index (χ1n) is 8.38. The van der Waals surface area contributed by atoms with Crippen LogP contribution >= 0.6 is 23.1 Å². The van der Waals surface area contributed by atoms with Crippen molar-refractivity contribution in [3.05, 3.63) is 46.5 Å². The fourth-order valence-corrected chi connectivity index (χ4v) is 4.19. The van der Waals surface area contributed by atoms with Gasteiger partial charge in [0.25, 0.3) is 0 Å². The number of carbonyl (C=O) groups is 1. The lowest BCUT2D eigenvalue weighted by Gasteiger charge is -2.02. The Balaban J connectivity index is 1.30. The molecule has 1 aliphatic carbocycles. The van der Waals surface area contributed by atoms with Crippen LogP contribution in [0.2, 0.25) is 0 Å². The van der Waals surface area contributed by atoms with Gasteiger partial charge in [-0.15, -0.1) is 16.4 Å². The van der Waals surface area contributed by atoms with Crippen LogP contribution in [0.1, 0.15) is 34.9 Å². The molecule has 1 fully saturated rings. The lowest BCUT2D eigenvalue weighted by molar-refractivity contribution is -0.113. The van der Waals surface area contributed by atoms with Gasteiger partial charge in [-0.2, -0.15) is 0 Å². The molecule has 1 aromatic carbocycles. The largest absolute Gasteiger partial charge is 0.301 e. The van der Waals surface area contributed by atoms with E-state index in [-0.39, 0.29) is 11.7 Å². The molecule has 9 heteroatoms. The van der Waals surface area contributed by atoms with Gasteiger partial charge >= 0.3 is 0 Å². The van der Waals surface area contributed by atoms with E-state index in [2.05, 4.69) is 57.0 Å². The van der Waals surface area contributed by atoms with Crippen molar-refractivity contribution in [2.75, 3.05) is 11.1 Å². The van der Waals surface area contributed by atoms with Gasteiger partial charge in [-0.25, -0.2) is 9.67 Å². The van der Waals surface area contributed by atoms with Crippen molar-refractivity contribution in [2.24, 2.45) is 0 Å². The molecular weight excluding hydrogens is 368 g/mol. The number of benzene rings is 1. The first kappa shape index (κ1) is 17.2. The number of nitrogens with one attached hydrogen (secondary N) is 1. The highest BCUT2D eigenvalue weighted by Crippen LogP contribution is 2.36. The Morgan fingerprint density at radius 2 is 2.31 bits per heavy atom. The molecule has 2 aromatic heterocycles. The Morgan fingerprint density at radius 1 is 1.42 bits per heavy atom. The lowest BCUT2D eigenvalue weighted by Crippen LogP contribution is -2.14. The first-order chi connectivity index (χ1) is 12.7. The van der Waals surface area contributed by atoms with E-state index in [1.807, 2.05) is 6.20 Å². The third kappa shape index (κ3) is 4.28. The lowest BCUT2D eigenvalue weighted by atomic mass is 10.1. The average Bonchev–Trinajstić information content (AvgIpc) is 3.19. The van der Waals surface area contributed by atoms with Gasteiger partial charge in [0.2, 0.25) is 11.1 Å². The third-order valence-electron chi connectivity index (χ3n) is 3.95. The van der Waals surface area contributed by atoms with Gasteiger partial charge in [0.1, 0.15) is 0 Å². The predicted octanol–water partition coefficient (Wildman–Crippen LogP) is 3.09. The van der Waals surface area contributed by atoms with Crippen molar-refractivity contribution in [1.82, 2.24) is 25.2 Å². The van der Waals surface area contributed by atoms with Gasteiger partial charge < -0.3 is 5.32 Å². The van der Waals surface area contributed by atoms with Gasteiger partial charge in [-0.05, 0) is 35.8 Å².